The highest BCUT2D eigenvalue weighted by Gasteiger charge is 2.26. The molecule has 0 saturated carbocycles. The number of hydrogen-bond acceptors (Lipinski definition) is 8. The van der Waals surface area contributed by atoms with Crippen LogP contribution in [0.4, 0.5) is 0 Å². The van der Waals surface area contributed by atoms with Crippen molar-refractivity contribution in [3.8, 4) is 22.9 Å². The summed E-state index contributed by atoms with van der Waals surface area (Å²) in [5.41, 5.74) is 3.72. The molecular formula is C28H29BrN4O5S. The van der Waals surface area contributed by atoms with Crippen molar-refractivity contribution in [3.63, 3.8) is 0 Å². The molecule has 0 fully saturated rings. The van der Waals surface area contributed by atoms with Gasteiger partial charge < -0.3 is 14.2 Å². The number of aryl methyl sites for hydroxylation is 2. The van der Waals surface area contributed by atoms with E-state index in [2.05, 4.69) is 26.1 Å². The number of thioether (sulfide) groups is 1. The fourth-order valence-electron chi connectivity index (χ4n) is 3.95. The highest BCUT2D eigenvalue weighted by Crippen LogP contribution is 2.43. The van der Waals surface area contributed by atoms with Crippen LogP contribution in [-0.4, -0.2) is 39.9 Å². The summed E-state index contributed by atoms with van der Waals surface area (Å²) in [4.78, 5) is 11.4. The van der Waals surface area contributed by atoms with Crippen LogP contribution in [0.1, 0.15) is 34.7 Å². The van der Waals surface area contributed by atoms with Gasteiger partial charge in [-0.15, -0.1) is 10.2 Å². The number of nitro groups is 1. The summed E-state index contributed by atoms with van der Waals surface area (Å²) in [6, 6.07) is 19.3. The Hall–Kier alpha value is -3.57. The van der Waals surface area contributed by atoms with Crippen molar-refractivity contribution in [2.24, 2.45) is 0 Å². The third-order valence-electron chi connectivity index (χ3n) is 5.89. The van der Waals surface area contributed by atoms with Gasteiger partial charge in [-0.3, -0.25) is 14.7 Å². The zero-order chi connectivity index (χ0) is 27.9. The Balaban J connectivity index is 1.62. The van der Waals surface area contributed by atoms with E-state index in [9.17, 15) is 10.1 Å². The standard InChI is InChI=1S/C28H29BrN4O5S/c1-5-37-23-12-10-22(11-13-23)33-19(3)30-31-28(33)39-26(16-32(34)35)21-14-24(29)27(25(15-21)36-4)38-17-20-8-6-18(2)7-9-20/h6-15,26H,5,16-17H2,1-4H3/t26-/m0/s1. The minimum atomic E-state index is -0.568. The van der Waals surface area contributed by atoms with E-state index in [0.717, 1.165) is 17.0 Å². The SMILES string of the molecule is CCOc1ccc(-n2c(C)nnc2S[C@@H](C[N+](=O)[O-])c2cc(Br)c(OCc3ccc(C)cc3)c(OC)c2)cc1. The quantitative estimate of drug-likeness (QED) is 0.0984. The van der Waals surface area contributed by atoms with Gasteiger partial charge in [0.1, 0.15) is 23.4 Å². The lowest BCUT2D eigenvalue weighted by Gasteiger charge is -2.18. The first-order valence-electron chi connectivity index (χ1n) is 12.3. The van der Waals surface area contributed by atoms with Crippen molar-refractivity contribution in [1.29, 1.82) is 0 Å². The van der Waals surface area contributed by atoms with Gasteiger partial charge in [0.15, 0.2) is 16.7 Å². The normalized spacial score (nSPS) is 11.7. The summed E-state index contributed by atoms with van der Waals surface area (Å²) in [6.45, 7) is 6.41. The summed E-state index contributed by atoms with van der Waals surface area (Å²) in [7, 11) is 1.55. The molecule has 0 bridgehead atoms. The van der Waals surface area contributed by atoms with E-state index in [1.165, 1.54) is 17.3 Å². The first-order chi connectivity index (χ1) is 18.8. The predicted octanol–water partition coefficient (Wildman–Crippen LogP) is 6.74. The molecule has 0 radical (unpaired) electrons. The number of nitrogens with zero attached hydrogens (tertiary/aromatic N) is 4. The molecule has 0 unspecified atom stereocenters. The summed E-state index contributed by atoms with van der Waals surface area (Å²) in [6.07, 6.45) is 0. The largest absolute Gasteiger partial charge is 0.494 e. The van der Waals surface area contributed by atoms with Gasteiger partial charge in [-0.2, -0.15) is 0 Å². The Bertz CT molecular complexity index is 1430. The van der Waals surface area contributed by atoms with Crippen molar-refractivity contribution in [3.05, 3.63) is 97.8 Å². The first-order valence-corrected chi connectivity index (χ1v) is 14.0. The molecule has 0 aliphatic heterocycles. The number of ether oxygens (including phenoxy) is 3. The molecule has 0 amide bonds. The predicted molar refractivity (Wildman–Crippen MR) is 154 cm³/mol. The molecule has 0 aliphatic rings. The summed E-state index contributed by atoms with van der Waals surface area (Å²) in [5.74, 6) is 2.43. The summed E-state index contributed by atoms with van der Waals surface area (Å²) >= 11 is 4.86. The van der Waals surface area contributed by atoms with Crippen LogP contribution < -0.4 is 14.2 Å². The molecule has 0 spiro atoms. The van der Waals surface area contributed by atoms with Crippen molar-refractivity contribution in [1.82, 2.24) is 14.8 Å². The number of methoxy groups -OCH3 is 1. The van der Waals surface area contributed by atoms with E-state index in [0.29, 0.717) is 45.7 Å². The van der Waals surface area contributed by atoms with E-state index >= 15 is 0 Å². The van der Waals surface area contributed by atoms with Gasteiger partial charge in [0.05, 0.1) is 18.2 Å². The maximum atomic E-state index is 11.7. The Kier molecular flexibility index (Phi) is 9.47. The van der Waals surface area contributed by atoms with Crippen molar-refractivity contribution in [2.75, 3.05) is 20.3 Å². The molecule has 1 aromatic heterocycles. The van der Waals surface area contributed by atoms with E-state index in [-0.39, 0.29) is 11.5 Å². The van der Waals surface area contributed by atoms with Crippen LogP contribution in [-0.2, 0) is 6.61 Å². The van der Waals surface area contributed by atoms with Gasteiger partial charge in [0, 0.05) is 10.6 Å². The van der Waals surface area contributed by atoms with Crippen molar-refractivity contribution >= 4 is 27.7 Å². The molecule has 0 saturated heterocycles. The Morgan fingerprint density at radius 1 is 1.05 bits per heavy atom. The molecule has 3 aromatic carbocycles. The second-order valence-corrected chi connectivity index (χ2v) is 10.7. The smallest absolute Gasteiger partial charge is 0.220 e. The average Bonchev–Trinajstić information content (AvgIpc) is 3.28. The molecule has 0 N–H and O–H groups in total. The van der Waals surface area contributed by atoms with Gasteiger partial charge in [0.25, 0.3) is 0 Å². The third kappa shape index (κ3) is 7.10. The van der Waals surface area contributed by atoms with Crippen LogP contribution >= 0.6 is 27.7 Å². The third-order valence-corrected chi connectivity index (χ3v) is 7.66. The lowest BCUT2D eigenvalue weighted by molar-refractivity contribution is -0.479. The second kappa shape index (κ2) is 13.0. The van der Waals surface area contributed by atoms with Crippen LogP contribution in [0.15, 0.2) is 70.3 Å². The zero-order valence-electron chi connectivity index (χ0n) is 22.1. The first kappa shape index (κ1) is 28.4. The van der Waals surface area contributed by atoms with Crippen LogP contribution in [0.3, 0.4) is 0 Å². The molecule has 4 aromatic rings. The highest BCUT2D eigenvalue weighted by atomic mass is 79.9. The Labute approximate surface area is 239 Å². The van der Waals surface area contributed by atoms with Gasteiger partial charge in [-0.25, -0.2) is 0 Å². The van der Waals surface area contributed by atoms with Gasteiger partial charge >= 0.3 is 0 Å². The molecular weight excluding hydrogens is 584 g/mol. The number of aromatic nitrogens is 3. The van der Waals surface area contributed by atoms with Gasteiger partial charge in [0.2, 0.25) is 6.54 Å². The summed E-state index contributed by atoms with van der Waals surface area (Å²) < 4.78 is 19.8. The number of halogens is 1. The molecule has 0 aliphatic carbocycles. The summed E-state index contributed by atoms with van der Waals surface area (Å²) in [5, 5.41) is 20.2. The molecule has 39 heavy (non-hydrogen) atoms. The molecule has 1 atom stereocenters. The van der Waals surface area contributed by atoms with Crippen LogP contribution in [0, 0.1) is 24.0 Å². The molecule has 204 valence electrons. The lowest BCUT2D eigenvalue weighted by Crippen LogP contribution is -2.12. The van der Waals surface area contributed by atoms with Crippen molar-refractivity contribution < 1.29 is 19.1 Å². The minimum Gasteiger partial charge on any atom is -0.494 e. The minimum absolute atomic E-state index is 0.320. The monoisotopic (exact) mass is 612 g/mol. The maximum Gasteiger partial charge on any atom is 0.220 e. The van der Waals surface area contributed by atoms with Gasteiger partial charge in [-0.05, 0) is 84.2 Å². The zero-order valence-corrected chi connectivity index (χ0v) is 24.5. The van der Waals surface area contributed by atoms with Crippen molar-refractivity contribution in [2.45, 2.75) is 37.8 Å². The number of hydrogen-bond donors (Lipinski definition) is 0. The Morgan fingerprint density at radius 2 is 1.77 bits per heavy atom. The molecule has 1 heterocycles. The fraction of sp³-hybridized carbons (Fsp3) is 0.286. The maximum absolute atomic E-state index is 11.7. The molecule has 9 nitrogen and oxygen atoms in total. The second-order valence-electron chi connectivity index (χ2n) is 8.72. The lowest BCUT2D eigenvalue weighted by atomic mass is 10.1. The van der Waals surface area contributed by atoms with Crippen LogP contribution in [0.2, 0.25) is 0 Å². The highest BCUT2D eigenvalue weighted by molar-refractivity contribution is 9.10. The van der Waals surface area contributed by atoms with Crippen LogP contribution in [0.25, 0.3) is 5.69 Å². The Morgan fingerprint density at radius 3 is 2.41 bits per heavy atom. The van der Waals surface area contributed by atoms with E-state index in [1.807, 2.05) is 79.9 Å². The van der Waals surface area contributed by atoms with Crippen LogP contribution in [0.5, 0.6) is 17.2 Å². The van der Waals surface area contributed by atoms with Gasteiger partial charge in [-0.1, -0.05) is 41.6 Å². The van der Waals surface area contributed by atoms with E-state index < -0.39 is 5.25 Å². The van der Waals surface area contributed by atoms with E-state index in [1.54, 1.807) is 13.2 Å². The fourth-order valence-corrected chi connectivity index (χ4v) is 5.68. The molecule has 4 rings (SSSR count). The topological polar surface area (TPSA) is 102 Å². The average molecular weight is 614 g/mol. The van der Waals surface area contributed by atoms with E-state index in [4.69, 9.17) is 14.2 Å². The number of rotatable bonds is 12. The molecule has 11 heteroatoms. The number of benzene rings is 3.